The van der Waals surface area contributed by atoms with Crippen LogP contribution < -0.4 is 0 Å². The summed E-state index contributed by atoms with van der Waals surface area (Å²) in [6, 6.07) is 1.14. The molecular weight excluding hydrogens is 251 g/mol. The molecule has 0 atom stereocenters. The molecule has 92 valence electrons. The van der Waals surface area contributed by atoms with E-state index in [2.05, 4.69) is 27.5 Å². The molecule has 1 aromatic rings. The molecule has 0 radical (unpaired) electrons. The first-order valence-corrected chi connectivity index (χ1v) is 5.62. The molecule has 3 nitrogen and oxygen atoms in total. The molecule has 1 aliphatic rings. The molecule has 1 aromatic heterocycles. The summed E-state index contributed by atoms with van der Waals surface area (Å²) in [5.41, 5.74) is -0.178. The van der Waals surface area contributed by atoms with Gasteiger partial charge in [-0.3, -0.25) is 4.68 Å². The van der Waals surface area contributed by atoms with Crippen LogP contribution in [-0.2, 0) is 12.7 Å². The second kappa shape index (κ2) is 4.58. The van der Waals surface area contributed by atoms with Crippen LogP contribution >= 0.6 is 12.2 Å². The van der Waals surface area contributed by atoms with Crippen molar-refractivity contribution in [2.75, 3.05) is 6.54 Å². The van der Waals surface area contributed by atoms with E-state index in [0.29, 0.717) is 18.8 Å². The average molecular weight is 261 g/mol. The van der Waals surface area contributed by atoms with Crippen molar-refractivity contribution in [3.63, 3.8) is 0 Å². The molecule has 0 aromatic carbocycles. The first kappa shape index (κ1) is 12.3. The van der Waals surface area contributed by atoms with Crippen molar-refractivity contribution >= 4 is 17.4 Å². The quantitative estimate of drug-likeness (QED) is 0.616. The summed E-state index contributed by atoms with van der Waals surface area (Å²) in [5, 5.41) is 5.77. The highest BCUT2D eigenvalue weighted by atomic mass is 32.1. The molecule has 0 N–H and O–H groups in total. The Bertz CT molecular complexity index is 456. The standard InChI is InChI=1S/C10H10F3N3S/c11-10(12,13)9-5-8(7-1-2-7)16(15-9)4-3-14-6-17/h5,7H,1-4H2. The molecule has 17 heavy (non-hydrogen) atoms. The number of nitrogens with zero attached hydrogens (tertiary/aromatic N) is 3. The van der Waals surface area contributed by atoms with Crippen LogP contribution in [0.4, 0.5) is 13.2 Å². The van der Waals surface area contributed by atoms with Crippen LogP contribution in [0.1, 0.15) is 30.1 Å². The molecule has 0 bridgehead atoms. The van der Waals surface area contributed by atoms with E-state index in [9.17, 15) is 13.2 Å². The van der Waals surface area contributed by atoms with Crippen molar-refractivity contribution in [2.45, 2.75) is 31.5 Å². The Hall–Kier alpha value is -1.20. The number of hydrogen-bond acceptors (Lipinski definition) is 3. The molecule has 0 unspecified atom stereocenters. The molecule has 0 aliphatic heterocycles. The van der Waals surface area contributed by atoms with Crippen LogP contribution in [0.25, 0.3) is 0 Å². The highest BCUT2D eigenvalue weighted by Gasteiger charge is 2.37. The number of hydrogen-bond donors (Lipinski definition) is 0. The van der Waals surface area contributed by atoms with E-state index in [0.717, 1.165) is 18.9 Å². The maximum atomic E-state index is 12.5. The molecule has 1 fully saturated rings. The molecule has 2 rings (SSSR count). The van der Waals surface area contributed by atoms with Gasteiger partial charge in [0.15, 0.2) is 5.69 Å². The average Bonchev–Trinajstić information content (AvgIpc) is 2.99. The van der Waals surface area contributed by atoms with Gasteiger partial charge in [-0.25, -0.2) is 4.99 Å². The lowest BCUT2D eigenvalue weighted by atomic mass is 10.2. The van der Waals surface area contributed by atoms with Gasteiger partial charge < -0.3 is 0 Å². The van der Waals surface area contributed by atoms with Gasteiger partial charge in [-0.15, -0.1) is 0 Å². The van der Waals surface area contributed by atoms with Gasteiger partial charge in [-0.05, 0) is 31.1 Å². The van der Waals surface area contributed by atoms with Crippen LogP contribution in [0.3, 0.4) is 0 Å². The zero-order valence-electron chi connectivity index (χ0n) is 8.87. The number of halogens is 3. The van der Waals surface area contributed by atoms with Crippen molar-refractivity contribution in [3.8, 4) is 0 Å². The number of alkyl halides is 3. The minimum absolute atomic E-state index is 0.218. The summed E-state index contributed by atoms with van der Waals surface area (Å²) in [7, 11) is 0. The third kappa shape index (κ3) is 2.92. The number of isothiocyanates is 1. The van der Waals surface area contributed by atoms with Gasteiger partial charge >= 0.3 is 6.18 Å². The van der Waals surface area contributed by atoms with E-state index in [-0.39, 0.29) is 5.92 Å². The van der Waals surface area contributed by atoms with Gasteiger partial charge in [-0.2, -0.15) is 18.3 Å². The van der Waals surface area contributed by atoms with Gasteiger partial charge in [0.05, 0.1) is 18.3 Å². The Labute approximate surface area is 101 Å². The minimum Gasteiger partial charge on any atom is -0.267 e. The van der Waals surface area contributed by atoms with E-state index in [1.165, 1.54) is 4.68 Å². The van der Waals surface area contributed by atoms with Gasteiger partial charge in [-0.1, -0.05) is 0 Å². The lowest BCUT2D eigenvalue weighted by molar-refractivity contribution is -0.141. The fourth-order valence-electron chi connectivity index (χ4n) is 1.65. The van der Waals surface area contributed by atoms with Crippen LogP contribution in [0.5, 0.6) is 0 Å². The molecule has 0 spiro atoms. The zero-order valence-corrected chi connectivity index (χ0v) is 9.68. The van der Waals surface area contributed by atoms with Gasteiger partial charge in [0.25, 0.3) is 0 Å². The van der Waals surface area contributed by atoms with Gasteiger partial charge in [0.2, 0.25) is 0 Å². The zero-order chi connectivity index (χ0) is 12.5. The van der Waals surface area contributed by atoms with Crippen molar-refractivity contribution in [2.24, 2.45) is 4.99 Å². The number of rotatable bonds is 4. The Morgan fingerprint density at radius 1 is 1.53 bits per heavy atom. The summed E-state index contributed by atoms with van der Waals surface area (Å²) < 4.78 is 39.0. The molecule has 0 saturated heterocycles. The second-order valence-corrected chi connectivity index (χ2v) is 4.11. The smallest absolute Gasteiger partial charge is 0.267 e. The van der Waals surface area contributed by atoms with Crippen molar-refractivity contribution in [3.05, 3.63) is 17.5 Å². The minimum atomic E-state index is -4.39. The number of aliphatic imine (C=N–C) groups is 1. The highest BCUT2D eigenvalue weighted by molar-refractivity contribution is 7.78. The topological polar surface area (TPSA) is 30.2 Å². The maximum absolute atomic E-state index is 12.5. The molecule has 1 aliphatic carbocycles. The van der Waals surface area contributed by atoms with E-state index in [1.807, 2.05) is 0 Å². The summed E-state index contributed by atoms with van der Waals surface area (Å²) in [4.78, 5) is 3.68. The second-order valence-electron chi connectivity index (χ2n) is 3.92. The van der Waals surface area contributed by atoms with E-state index in [4.69, 9.17) is 0 Å². The predicted molar refractivity (Wildman–Crippen MR) is 59.1 cm³/mol. The van der Waals surface area contributed by atoms with Crippen LogP contribution in [0.2, 0.25) is 0 Å². The van der Waals surface area contributed by atoms with Crippen molar-refractivity contribution in [1.82, 2.24) is 9.78 Å². The number of aromatic nitrogens is 2. The first-order chi connectivity index (χ1) is 8.02. The molecule has 7 heteroatoms. The first-order valence-electron chi connectivity index (χ1n) is 5.21. The summed E-state index contributed by atoms with van der Waals surface area (Å²) in [5.74, 6) is 0.218. The van der Waals surface area contributed by atoms with Crippen LogP contribution in [0, 0.1) is 0 Å². The summed E-state index contributed by atoms with van der Waals surface area (Å²) in [6.45, 7) is 0.619. The number of thiocarbonyl (C=S) groups is 1. The Balaban J connectivity index is 2.22. The largest absolute Gasteiger partial charge is 0.435 e. The third-order valence-corrected chi connectivity index (χ3v) is 2.71. The molecule has 1 heterocycles. The van der Waals surface area contributed by atoms with Crippen LogP contribution in [0.15, 0.2) is 11.1 Å². The van der Waals surface area contributed by atoms with Crippen LogP contribution in [-0.4, -0.2) is 21.5 Å². The van der Waals surface area contributed by atoms with E-state index < -0.39 is 11.9 Å². The maximum Gasteiger partial charge on any atom is 0.435 e. The van der Waals surface area contributed by atoms with E-state index in [1.54, 1.807) is 0 Å². The summed E-state index contributed by atoms with van der Waals surface area (Å²) >= 11 is 4.40. The fourth-order valence-corrected chi connectivity index (χ4v) is 1.74. The highest BCUT2D eigenvalue weighted by Crippen LogP contribution is 2.42. The van der Waals surface area contributed by atoms with Crippen molar-refractivity contribution < 1.29 is 13.2 Å². The van der Waals surface area contributed by atoms with Crippen molar-refractivity contribution in [1.29, 1.82) is 0 Å². The SMILES string of the molecule is FC(F)(F)c1cc(C2CC2)n(CCN=C=S)n1. The predicted octanol–water partition coefficient (Wildman–Crippen LogP) is 2.88. The molecule has 1 saturated carbocycles. The third-order valence-electron chi connectivity index (χ3n) is 2.59. The van der Waals surface area contributed by atoms with E-state index >= 15 is 0 Å². The molecule has 0 amide bonds. The Morgan fingerprint density at radius 2 is 2.24 bits per heavy atom. The molecular formula is C10H10F3N3S. The summed E-state index contributed by atoms with van der Waals surface area (Å²) in [6.07, 6.45) is -2.53. The monoisotopic (exact) mass is 261 g/mol. The normalized spacial score (nSPS) is 15.7. The Kier molecular flexibility index (Phi) is 3.31. The lowest BCUT2D eigenvalue weighted by Crippen LogP contribution is -2.10. The lowest BCUT2D eigenvalue weighted by Gasteiger charge is -2.03. The van der Waals surface area contributed by atoms with Gasteiger partial charge in [0.1, 0.15) is 0 Å². The van der Waals surface area contributed by atoms with Gasteiger partial charge in [0, 0.05) is 11.6 Å². The Morgan fingerprint density at radius 3 is 2.76 bits per heavy atom. The fraction of sp³-hybridized carbons (Fsp3) is 0.600.